The van der Waals surface area contributed by atoms with Crippen molar-refractivity contribution in [3.8, 4) is 0 Å². The first kappa shape index (κ1) is 18.5. The highest BCUT2D eigenvalue weighted by atomic mass is 19.4. The molecule has 0 saturated carbocycles. The van der Waals surface area contributed by atoms with Crippen molar-refractivity contribution in [1.82, 2.24) is 9.80 Å². The normalized spacial score (nSPS) is 24.0. The summed E-state index contributed by atoms with van der Waals surface area (Å²) in [5, 5.41) is 18.8. The van der Waals surface area contributed by atoms with E-state index in [2.05, 4.69) is 0 Å². The molecule has 1 fully saturated rings. The monoisotopic (exact) mass is 346 g/mol. The number of carbonyl (C=O) groups is 1. The van der Waals surface area contributed by atoms with Gasteiger partial charge in [-0.15, -0.1) is 0 Å². The van der Waals surface area contributed by atoms with Crippen molar-refractivity contribution in [3.05, 3.63) is 35.4 Å². The largest absolute Gasteiger partial charge is 0.465 e. The number of alkyl halides is 3. The number of hydrogen-bond donors (Lipinski definition) is 2. The van der Waals surface area contributed by atoms with Gasteiger partial charge in [-0.05, 0) is 31.5 Å². The summed E-state index contributed by atoms with van der Waals surface area (Å²) in [6, 6.07) is 4.04. The van der Waals surface area contributed by atoms with Crippen LogP contribution >= 0.6 is 0 Å². The summed E-state index contributed by atoms with van der Waals surface area (Å²) in [5.74, 6) is 0. The average molecular weight is 346 g/mol. The molecule has 1 aliphatic rings. The third-order valence-electron chi connectivity index (χ3n) is 4.56. The average Bonchev–Trinajstić information content (AvgIpc) is 2.53. The summed E-state index contributed by atoms with van der Waals surface area (Å²) in [5.41, 5.74) is -0.0151. The summed E-state index contributed by atoms with van der Waals surface area (Å²) in [4.78, 5) is 14.4. The van der Waals surface area contributed by atoms with Crippen molar-refractivity contribution in [2.24, 2.45) is 0 Å². The van der Waals surface area contributed by atoms with Gasteiger partial charge < -0.3 is 15.1 Å². The second-order valence-corrected chi connectivity index (χ2v) is 6.11. The lowest BCUT2D eigenvalue weighted by Crippen LogP contribution is -2.60. The lowest BCUT2D eigenvalue weighted by molar-refractivity contribution is -0.137. The molecule has 1 heterocycles. The van der Waals surface area contributed by atoms with Crippen LogP contribution in [0.1, 0.15) is 31.0 Å². The molecule has 1 aromatic rings. The van der Waals surface area contributed by atoms with Crippen molar-refractivity contribution in [1.29, 1.82) is 0 Å². The van der Waals surface area contributed by atoms with Crippen LogP contribution in [-0.2, 0) is 6.18 Å². The maximum Gasteiger partial charge on any atom is 0.416 e. The molecule has 3 atom stereocenters. The van der Waals surface area contributed by atoms with Crippen LogP contribution < -0.4 is 0 Å². The predicted octanol–water partition coefficient (Wildman–Crippen LogP) is 2.81. The number of hydrogen-bond acceptors (Lipinski definition) is 3. The van der Waals surface area contributed by atoms with Crippen molar-refractivity contribution >= 4 is 6.09 Å². The zero-order valence-corrected chi connectivity index (χ0v) is 13.5. The van der Waals surface area contributed by atoms with Gasteiger partial charge >= 0.3 is 12.3 Å². The fourth-order valence-corrected chi connectivity index (χ4v) is 3.11. The lowest BCUT2D eigenvalue weighted by Gasteiger charge is -2.46. The van der Waals surface area contributed by atoms with Crippen LogP contribution in [0.5, 0.6) is 0 Å². The Bertz CT molecular complexity index is 577. The van der Waals surface area contributed by atoms with Gasteiger partial charge in [-0.2, -0.15) is 13.2 Å². The van der Waals surface area contributed by atoms with E-state index in [0.717, 1.165) is 12.1 Å². The Kier molecular flexibility index (Phi) is 5.39. The fraction of sp³-hybridized carbons (Fsp3) is 0.562. The SMILES string of the molecule is CC(c1ccc(C(F)(F)F)cc1)N1C[C@H](C)N(C(=O)O)CC1CO. The van der Waals surface area contributed by atoms with Crippen LogP contribution in [0.15, 0.2) is 24.3 Å². The van der Waals surface area contributed by atoms with E-state index in [1.54, 1.807) is 6.92 Å². The Balaban J connectivity index is 2.18. The molecule has 2 unspecified atom stereocenters. The molecule has 0 bridgehead atoms. The summed E-state index contributed by atoms with van der Waals surface area (Å²) < 4.78 is 38.0. The molecule has 0 aliphatic carbocycles. The van der Waals surface area contributed by atoms with Gasteiger partial charge in [0.15, 0.2) is 0 Å². The predicted molar refractivity (Wildman–Crippen MR) is 81.6 cm³/mol. The number of rotatable bonds is 3. The van der Waals surface area contributed by atoms with Crippen LogP contribution in [0.3, 0.4) is 0 Å². The van der Waals surface area contributed by atoms with E-state index < -0.39 is 23.9 Å². The second kappa shape index (κ2) is 6.98. The van der Waals surface area contributed by atoms with E-state index in [1.807, 2.05) is 11.8 Å². The molecule has 134 valence electrons. The molecule has 0 spiro atoms. The van der Waals surface area contributed by atoms with E-state index >= 15 is 0 Å². The zero-order valence-electron chi connectivity index (χ0n) is 13.5. The number of halogens is 3. The van der Waals surface area contributed by atoms with Gasteiger partial charge in [0, 0.05) is 25.2 Å². The Morgan fingerprint density at radius 2 is 1.88 bits per heavy atom. The van der Waals surface area contributed by atoms with Crippen molar-refractivity contribution in [2.75, 3.05) is 19.7 Å². The van der Waals surface area contributed by atoms with Gasteiger partial charge in [0.1, 0.15) is 0 Å². The van der Waals surface area contributed by atoms with E-state index in [4.69, 9.17) is 0 Å². The zero-order chi connectivity index (χ0) is 18.1. The molecule has 5 nitrogen and oxygen atoms in total. The van der Waals surface area contributed by atoms with Crippen LogP contribution in [0.4, 0.5) is 18.0 Å². The number of aliphatic hydroxyl groups is 1. The molecular weight excluding hydrogens is 325 g/mol. The van der Waals surface area contributed by atoms with Crippen LogP contribution in [0, 0.1) is 0 Å². The maximum atomic E-state index is 12.7. The molecule has 1 amide bonds. The molecule has 1 saturated heterocycles. The lowest BCUT2D eigenvalue weighted by atomic mass is 9.99. The van der Waals surface area contributed by atoms with Crippen molar-refractivity contribution in [2.45, 2.75) is 38.1 Å². The maximum absolute atomic E-state index is 12.7. The topological polar surface area (TPSA) is 64.0 Å². The highest BCUT2D eigenvalue weighted by Crippen LogP contribution is 2.32. The minimum absolute atomic E-state index is 0.165. The summed E-state index contributed by atoms with van der Waals surface area (Å²) >= 11 is 0. The minimum atomic E-state index is -4.38. The number of amides is 1. The van der Waals surface area contributed by atoms with Crippen LogP contribution in [-0.4, -0.2) is 57.9 Å². The van der Waals surface area contributed by atoms with Crippen molar-refractivity contribution < 1.29 is 28.2 Å². The third kappa shape index (κ3) is 3.81. The first-order chi connectivity index (χ1) is 11.1. The number of carboxylic acid groups (broad SMARTS) is 1. The van der Waals surface area contributed by atoms with Gasteiger partial charge in [0.25, 0.3) is 0 Å². The van der Waals surface area contributed by atoms with E-state index in [-0.39, 0.29) is 25.2 Å². The summed E-state index contributed by atoms with van der Waals surface area (Å²) in [6.07, 6.45) is -5.42. The van der Waals surface area contributed by atoms with E-state index in [1.165, 1.54) is 17.0 Å². The standard InChI is InChI=1S/C16H21F3N2O3/c1-10-7-21(14(9-22)8-20(10)15(23)24)11(2)12-3-5-13(6-4-12)16(17,18)19/h3-6,10-11,14,22H,7-9H2,1-2H3,(H,23,24)/t10-,11?,14?/m0/s1. The number of aliphatic hydroxyl groups excluding tert-OH is 1. The third-order valence-corrected chi connectivity index (χ3v) is 4.56. The molecule has 24 heavy (non-hydrogen) atoms. The molecule has 8 heteroatoms. The molecule has 2 N–H and O–H groups in total. The Labute approximate surface area is 138 Å². The molecule has 0 radical (unpaired) electrons. The van der Waals surface area contributed by atoms with Gasteiger partial charge in [-0.3, -0.25) is 4.90 Å². The molecular formula is C16H21F3N2O3. The second-order valence-electron chi connectivity index (χ2n) is 6.11. The Morgan fingerprint density at radius 3 is 2.33 bits per heavy atom. The smallest absolute Gasteiger partial charge is 0.416 e. The van der Waals surface area contributed by atoms with E-state index in [0.29, 0.717) is 12.1 Å². The quantitative estimate of drug-likeness (QED) is 0.883. The Hall–Kier alpha value is -1.80. The first-order valence-electron chi connectivity index (χ1n) is 7.68. The van der Waals surface area contributed by atoms with Crippen molar-refractivity contribution in [3.63, 3.8) is 0 Å². The molecule has 1 aromatic carbocycles. The molecule has 0 aromatic heterocycles. The number of nitrogens with zero attached hydrogens (tertiary/aromatic N) is 2. The van der Waals surface area contributed by atoms with Crippen LogP contribution in [0.2, 0.25) is 0 Å². The summed E-state index contributed by atoms with van der Waals surface area (Å²) in [7, 11) is 0. The van der Waals surface area contributed by atoms with E-state index in [9.17, 15) is 28.2 Å². The van der Waals surface area contributed by atoms with Gasteiger partial charge in [0.2, 0.25) is 0 Å². The first-order valence-corrected chi connectivity index (χ1v) is 7.68. The highest BCUT2D eigenvalue weighted by molar-refractivity contribution is 5.65. The number of benzene rings is 1. The highest BCUT2D eigenvalue weighted by Gasteiger charge is 2.36. The summed E-state index contributed by atoms with van der Waals surface area (Å²) in [6.45, 7) is 3.96. The molecule has 2 rings (SSSR count). The van der Waals surface area contributed by atoms with Gasteiger partial charge in [-0.25, -0.2) is 4.79 Å². The Morgan fingerprint density at radius 1 is 1.29 bits per heavy atom. The number of piperazine rings is 1. The fourth-order valence-electron chi connectivity index (χ4n) is 3.11. The van der Waals surface area contributed by atoms with Gasteiger partial charge in [-0.1, -0.05) is 12.1 Å². The van der Waals surface area contributed by atoms with Gasteiger partial charge in [0.05, 0.1) is 18.2 Å². The van der Waals surface area contributed by atoms with Crippen LogP contribution in [0.25, 0.3) is 0 Å². The molecule has 1 aliphatic heterocycles. The minimum Gasteiger partial charge on any atom is -0.465 e.